The number of carbonyl (C=O) groups is 4. The van der Waals surface area contributed by atoms with Crippen LogP contribution in [-0.4, -0.2) is 169 Å². The van der Waals surface area contributed by atoms with E-state index in [1.807, 2.05) is 46.0 Å². The Labute approximate surface area is 488 Å². The highest BCUT2D eigenvalue weighted by atomic mass is 19.3. The van der Waals surface area contributed by atoms with E-state index >= 15 is 18.4 Å². The lowest BCUT2D eigenvalue weighted by Crippen LogP contribution is -2.62. The van der Waals surface area contributed by atoms with Crippen LogP contribution in [0.25, 0.3) is 33.3 Å². The molecule has 11 rings (SSSR count). The quantitative estimate of drug-likeness (QED) is 0.145. The summed E-state index contributed by atoms with van der Waals surface area (Å²) in [6, 6.07) is 11.0. The first-order valence-electron chi connectivity index (χ1n) is 30.6. The lowest BCUT2D eigenvalue weighted by atomic mass is 9.84. The second kappa shape index (κ2) is 24.0. The molecular weight excluding hydrogens is 1060 g/mol. The van der Waals surface area contributed by atoms with Crippen LogP contribution in [0.4, 0.5) is 19.3 Å². The second-order valence-electron chi connectivity index (χ2n) is 26.7. The number of likely N-dealkylation sites (tertiary alicyclic amines) is 2. The lowest BCUT2D eigenvalue weighted by Gasteiger charge is -2.44. The molecule has 6 bridgehead atoms. The molecule has 83 heavy (non-hydrogen) atoms. The number of carbonyl (C=O) groups excluding carboxylic acids is 4. The Morgan fingerprint density at radius 2 is 1.73 bits per heavy atom. The number of anilines is 1. The first-order valence-corrected chi connectivity index (χ1v) is 30.6. The number of alkyl halides is 2. The van der Waals surface area contributed by atoms with Crippen molar-refractivity contribution in [3.63, 3.8) is 0 Å². The molecule has 6 fully saturated rings. The van der Waals surface area contributed by atoms with Gasteiger partial charge in [-0.25, -0.2) is 19.0 Å². The Morgan fingerprint density at radius 3 is 2.49 bits per heavy atom. The minimum Gasteiger partial charge on any atom is -0.464 e. The van der Waals surface area contributed by atoms with E-state index in [4.69, 9.17) is 23.9 Å². The Bertz CT molecular complexity index is 3070. The van der Waals surface area contributed by atoms with Crippen molar-refractivity contribution in [3.8, 4) is 22.4 Å². The Balaban J connectivity index is 0.982. The molecule has 7 aliphatic rings. The monoisotopic (exact) mass is 1150 g/mol. The number of cyclic esters (lactones) is 1. The highest BCUT2D eigenvalue weighted by Gasteiger charge is 2.50. The number of halogens is 2. The number of benzene rings is 2. The number of esters is 1. The first-order chi connectivity index (χ1) is 39.7. The summed E-state index contributed by atoms with van der Waals surface area (Å²) in [7, 11) is 1.69. The number of rotatable bonds is 10. The third kappa shape index (κ3) is 12.5. The molecule has 1 aliphatic carbocycles. The number of nitrogens with zero attached hydrogens (tertiary/aromatic N) is 7. The molecule has 17 nitrogen and oxygen atoms in total. The van der Waals surface area contributed by atoms with Gasteiger partial charge < -0.3 is 38.6 Å². The summed E-state index contributed by atoms with van der Waals surface area (Å²) in [5.41, 5.74) is 8.94. The number of piperazine rings is 1. The Kier molecular flexibility index (Phi) is 17.0. The van der Waals surface area contributed by atoms with Crippen molar-refractivity contribution in [2.75, 3.05) is 90.7 Å². The number of fused-ring (bicyclic) bond motifs is 7. The molecule has 450 valence electrons. The zero-order chi connectivity index (χ0) is 58.5. The van der Waals surface area contributed by atoms with Gasteiger partial charge in [0.15, 0.2) is 0 Å². The number of hydrogen-bond donors (Lipinski definition) is 2. The van der Waals surface area contributed by atoms with Gasteiger partial charge in [-0.1, -0.05) is 44.9 Å². The maximum atomic E-state index is 15.4. The van der Waals surface area contributed by atoms with Gasteiger partial charge in [0.05, 0.1) is 61.3 Å². The van der Waals surface area contributed by atoms with Crippen LogP contribution in [0.3, 0.4) is 0 Å². The number of hydrazine groups is 1. The Hall–Kier alpha value is -5.73. The summed E-state index contributed by atoms with van der Waals surface area (Å²) in [6.45, 7) is 22.1. The van der Waals surface area contributed by atoms with Gasteiger partial charge in [0.25, 0.3) is 12.3 Å². The first kappa shape index (κ1) is 59.0. The maximum Gasteiger partial charge on any atom is 0.410 e. The average molecular weight is 1150 g/mol. The molecule has 6 atom stereocenters. The number of aryl methyl sites for hydroxylation is 1. The molecule has 8 heterocycles. The SMILES string of the molecule is CCn1c(-c2cc(N3CCN4CCOC[C@@H]4C3)cnc2[C@H](C)OC)c2c3cc(ccc31)-c1cc(cc(C(F)F)c1)C[C@H](NC(=O)[C@H](C1CCCC1)N1CC[C@]3(CCN(C(=O)OC(C)(C)C)C3)C1)C(=O)N1CCC[C@H](N1)C(=O)OCC(C)(C)C2. The van der Waals surface area contributed by atoms with Crippen molar-refractivity contribution in [3.05, 3.63) is 71.0 Å². The van der Waals surface area contributed by atoms with E-state index in [2.05, 4.69) is 69.0 Å². The molecule has 19 heteroatoms. The fraction of sp³-hybridized carbons (Fsp3) is 0.641. The molecule has 1 saturated carbocycles. The fourth-order valence-electron chi connectivity index (χ4n) is 14.6. The van der Waals surface area contributed by atoms with Gasteiger partial charge in [0, 0.05) is 105 Å². The summed E-state index contributed by atoms with van der Waals surface area (Å²) in [6.07, 6.45) is 5.05. The van der Waals surface area contributed by atoms with Crippen LogP contribution < -0.4 is 15.6 Å². The van der Waals surface area contributed by atoms with Crippen LogP contribution in [-0.2, 0) is 52.7 Å². The molecule has 2 N–H and O–H groups in total. The second-order valence-corrected chi connectivity index (χ2v) is 26.7. The van der Waals surface area contributed by atoms with Crippen LogP contribution in [0.2, 0.25) is 0 Å². The van der Waals surface area contributed by atoms with E-state index in [9.17, 15) is 9.59 Å². The number of nitrogens with one attached hydrogen (secondary N) is 2. The summed E-state index contributed by atoms with van der Waals surface area (Å²) < 4.78 is 57.1. The Morgan fingerprint density at radius 1 is 0.940 bits per heavy atom. The summed E-state index contributed by atoms with van der Waals surface area (Å²) in [5.74, 6) is -1.18. The van der Waals surface area contributed by atoms with Gasteiger partial charge in [-0.05, 0) is 139 Å². The average Bonchev–Trinajstić information content (AvgIpc) is 4.03. The van der Waals surface area contributed by atoms with Crippen LogP contribution >= 0.6 is 0 Å². The highest BCUT2D eigenvalue weighted by molar-refractivity contribution is 5.96. The number of morpholine rings is 1. The van der Waals surface area contributed by atoms with E-state index in [0.29, 0.717) is 75.3 Å². The smallest absolute Gasteiger partial charge is 0.410 e. The van der Waals surface area contributed by atoms with Crippen molar-refractivity contribution in [1.29, 1.82) is 0 Å². The van der Waals surface area contributed by atoms with Crippen LogP contribution in [0.15, 0.2) is 48.7 Å². The lowest BCUT2D eigenvalue weighted by molar-refractivity contribution is -0.155. The number of pyridine rings is 1. The van der Waals surface area contributed by atoms with Crippen molar-refractivity contribution < 1.29 is 46.9 Å². The number of ether oxygens (including phenoxy) is 4. The minimum atomic E-state index is -2.83. The normalized spacial score (nSPS) is 25.7. The van der Waals surface area contributed by atoms with Gasteiger partial charge in [-0.15, -0.1) is 0 Å². The standard InChI is InChI=1S/C64H87F2N9O8/c1-9-74-53-17-16-43-31-48(53)50(56(74)49-32-46(34-67-54(49)40(2)80-8)71-24-23-70-25-26-81-36-47(70)35-71)33-63(6,7)39-82-60(78)51-15-12-20-75(69-51)59(77)52(29-41-27-44(43)30-45(28-41)57(65)66)68-58(76)55(42-13-10-11-14-42)72-21-18-64(37-72)19-22-73(38-64)61(79)83-62(3,4)5/h16-17,27-28,30-32,34,40,42,47,51-52,55,57,69H,9-15,18-26,29,33,35-39H2,1-8H3,(H,68,76)/t40-,47-,51-,52-,55-,64-/m0/s1. The predicted octanol–water partition coefficient (Wildman–Crippen LogP) is 9.10. The number of aromatic nitrogens is 2. The molecule has 5 saturated heterocycles. The van der Waals surface area contributed by atoms with Gasteiger partial charge in [-0.3, -0.25) is 34.2 Å². The van der Waals surface area contributed by atoms with Gasteiger partial charge in [-0.2, -0.15) is 0 Å². The van der Waals surface area contributed by atoms with Crippen molar-refractivity contribution in [2.45, 2.75) is 162 Å². The predicted molar refractivity (Wildman–Crippen MR) is 314 cm³/mol. The fourth-order valence-corrected chi connectivity index (χ4v) is 14.6. The zero-order valence-corrected chi connectivity index (χ0v) is 50.1. The minimum absolute atomic E-state index is 0.0408. The number of methoxy groups -OCH3 is 1. The third-order valence-corrected chi connectivity index (χ3v) is 18.9. The van der Waals surface area contributed by atoms with E-state index in [-0.39, 0.29) is 60.6 Å². The van der Waals surface area contributed by atoms with Gasteiger partial charge in [0.2, 0.25) is 5.91 Å². The van der Waals surface area contributed by atoms with E-state index in [0.717, 1.165) is 110 Å². The summed E-state index contributed by atoms with van der Waals surface area (Å²) in [5, 5.41) is 5.59. The topological polar surface area (TPSA) is 163 Å². The molecule has 6 aliphatic heterocycles. The maximum absolute atomic E-state index is 15.4. The van der Waals surface area contributed by atoms with E-state index in [1.165, 1.54) is 17.1 Å². The van der Waals surface area contributed by atoms with Gasteiger partial charge >= 0.3 is 12.1 Å². The van der Waals surface area contributed by atoms with Crippen molar-refractivity contribution >= 4 is 40.5 Å². The molecule has 1 spiro atoms. The van der Waals surface area contributed by atoms with Crippen LogP contribution in [0.5, 0.6) is 0 Å². The molecule has 3 amide bonds. The zero-order valence-electron chi connectivity index (χ0n) is 50.1. The van der Waals surface area contributed by atoms with Crippen LogP contribution in [0, 0.1) is 16.7 Å². The molecule has 0 radical (unpaired) electrons. The highest BCUT2D eigenvalue weighted by Crippen LogP contribution is 2.46. The van der Waals surface area contributed by atoms with E-state index < -0.39 is 47.4 Å². The third-order valence-electron chi connectivity index (χ3n) is 18.9. The summed E-state index contributed by atoms with van der Waals surface area (Å²) >= 11 is 0. The molecule has 2 aromatic carbocycles. The molecule has 0 unspecified atom stereocenters. The van der Waals surface area contributed by atoms with Crippen molar-refractivity contribution in [1.82, 2.24) is 40.0 Å². The van der Waals surface area contributed by atoms with E-state index in [1.54, 1.807) is 12.0 Å². The molecule has 4 aromatic rings. The van der Waals surface area contributed by atoms with Crippen molar-refractivity contribution in [2.24, 2.45) is 16.7 Å². The largest absolute Gasteiger partial charge is 0.464 e. The number of amides is 3. The number of hydrogen-bond acceptors (Lipinski definition) is 13. The van der Waals surface area contributed by atoms with Gasteiger partial charge in [0.1, 0.15) is 17.7 Å². The molecular formula is C64H87F2N9O8. The molecule has 2 aromatic heterocycles. The van der Waals surface area contributed by atoms with Crippen LogP contribution in [0.1, 0.15) is 135 Å². The summed E-state index contributed by atoms with van der Waals surface area (Å²) in [4.78, 5) is 72.3.